The molecule has 3 saturated carbocycles. The molecule has 2 heteroatoms. The number of fused-ring (bicyclic) bond motifs is 1. The molecule has 0 amide bonds. The van der Waals surface area contributed by atoms with E-state index in [0.29, 0.717) is 29.6 Å². The fraction of sp³-hybridized carbons (Fsp3) is 0.833. The Kier molecular flexibility index (Phi) is 7.27. The predicted molar refractivity (Wildman–Crippen MR) is 135 cm³/mol. The molecule has 3 aliphatic carbocycles. The van der Waals surface area contributed by atoms with Crippen LogP contribution in [-0.4, -0.2) is 16.5 Å². The zero-order valence-corrected chi connectivity index (χ0v) is 22.2. The van der Waals surface area contributed by atoms with Gasteiger partial charge in [-0.2, -0.15) is 0 Å². The quantitative estimate of drug-likeness (QED) is 0.334. The molecule has 3 rings (SSSR count). The molecule has 0 unspecified atom stereocenters. The van der Waals surface area contributed by atoms with Crippen LogP contribution in [0.1, 0.15) is 119 Å². The van der Waals surface area contributed by atoms with Gasteiger partial charge < -0.3 is 5.11 Å². The summed E-state index contributed by atoms with van der Waals surface area (Å²) in [6.07, 6.45) is 13.9. The molecule has 0 spiro atoms. The van der Waals surface area contributed by atoms with Crippen molar-refractivity contribution >= 4 is 5.78 Å². The SMILES string of the molecule is C=C1CCCC(C)(C)[C@@H]1CC(=O)/C(C)=C/CC[C@@H]1[C@@]2(C)CCCC(C)(C)[C@@H]2CC[C@@]1(C)O. The van der Waals surface area contributed by atoms with Crippen LogP contribution in [0, 0.1) is 34.0 Å². The Morgan fingerprint density at radius 1 is 1.03 bits per heavy atom. The van der Waals surface area contributed by atoms with Gasteiger partial charge in [0.05, 0.1) is 5.60 Å². The van der Waals surface area contributed by atoms with Gasteiger partial charge in [0.2, 0.25) is 0 Å². The van der Waals surface area contributed by atoms with Crippen molar-refractivity contribution in [3.05, 3.63) is 23.8 Å². The summed E-state index contributed by atoms with van der Waals surface area (Å²) in [7, 11) is 0. The average molecular weight is 443 g/mol. The second-order valence-corrected chi connectivity index (χ2v) is 13.5. The Morgan fingerprint density at radius 2 is 1.69 bits per heavy atom. The summed E-state index contributed by atoms with van der Waals surface area (Å²) in [5.41, 5.74) is 2.29. The van der Waals surface area contributed by atoms with Crippen molar-refractivity contribution in [3.63, 3.8) is 0 Å². The largest absolute Gasteiger partial charge is 0.390 e. The Labute approximate surface area is 198 Å². The first kappa shape index (κ1) is 25.7. The maximum absolute atomic E-state index is 13.1. The second-order valence-electron chi connectivity index (χ2n) is 13.5. The van der Waals surface area contributed by atoms with Gasteiger partial charge in [0.15, 0.2) is 5.78 Å². The van der Waals surface area contributed by atoms with Crippen molar-refractivity contribution in [2.24, 2.45) is 34.0 Å². The predicted octanol–water partition coefficient (Wildman–Crippen LogP) is 8.05. The van der Waals surface area contributed by atoms with Crippen LogP contribution in [0.3, 0.4) is 0 Å². The van der Waals surface area contributed by atoms with E-state index in [0.717, 1.165) is 37.7 Å². The first-order valence-corrected chi connectivity index (χ1v) is 13.3. The summed E-state index contributed by atoms with van der Waals surface area (Å²) in [5, 5.41) is 11.4. The Bertz CT molecular complexity index is 753. The van der Waals surface area contributed by atoms with E-state index < -0.39 is 5.60 Å². The third kappa shape index (κ3) is 4.96. The Morgan fingerprint density at radius 3 is 2.34 bits per heavy atom. The number of allylic oxidation sites excluding steroid dienone is 3. The molecule has 0 aliphatic heterocycles. The maximum Gasteiger partial charge on any atom is 0.158 e. The van der Waals surface area contributed by atoms with Gasteiger partial charge in [0, 0.05) is 6.42 Å². The highest BCUT2D eigenvalue weighted by Gasteiger charge is 2.57. The molecular weight excluding hydrogens is 392 g/mol. The van der Waals surface area contributed by atoms with Crippen LogP contribution in [0.25, 0.3) is 0 Å². The highest BCUT2D eigenvalue weighted by Crippen LogP contribution is 2.62. The molecule has 0 saturated heterocycles. The fourth-order valence-corrected chi connectivity index (χ4v) is 8.28. The molecule has 0 bridgehead atoms. The summed E-state index contributed by atoms with van der Waals surface area (Å²) < 4.78 is 0. The van der Waals surface area contributed by atoms with Crippen LogP contribution in [0.2, 0.25) is 0 Å². The first-order valence-electron chi connectivity index (χ1n) is 13.3. The lowest BCUT2D eigenvalue weighted by Gasteiger charge is -2.61. The Hall–Kier alpha value is -0.890. The van der Waals surface area contributed by atoms with Crippen molar-refractivity contribution in [2.45, 2.75) is 125 Å². The molecule has 0 aromatic rings. The van der Waals surface area contributed by atoms with E-state index in [-0.39, 0.29) is 16.6 Å². The monoisotopic (exact) mass is 442 g/mol. The van der Waals surface area contributed by atoms with Crippen LogP contribution in [0.5, 0.6) is 0 Å². The van der Waals surface area contributed by atoms with Gasteiger partial charge in [-0.05, 0) is 111 Å². The molecule has 3 fully saturated rings. The summed E-state index contributed by atoms with van der Waals surface area (Å²) in [6.45, 7) is 20.3. The molecule has 3 aliphatic rings. The van der Waals surface area contributed by atoms with Gasteiger partial charge in [0.25, 0.3) is 0 Å². The highest BCUT2D eigenvalue weighted by molar-refractivity contribution is 5.95. The van der Waals surface area contributed by atoms with E-state index in [1.807, 2.05) is 6.92 Å². The minimum atomic E-state index is -0.603. The lowest BCUT2D eigenvalue weighted by molar-refractivity contribution is -0.168. The van der Waals surface area contributed by atoms with Crippen molar-refractivity contribution in [1.82, 2.24) is 0 Å². The summed E-state index contributed by atoms with van der Waals surface area (Å²) in [6, 6.07) is 0. The summed E-state index contributed by atoms with van der Waals surface area (Å²) >= 11 is 0. The smallest absolute Gasteiger partial charge is 0.158 e. The van der Waals surface area contributed by atoms with Gasteiger partial charge in [-0.1, -0.05) is 59.3 Å². The second kappa shape index (κ2) is 9.05. The minimum absolute atomic E-state index is 0.170. The van der Waals surface area contributed by atoms with Gasteiger partial charge in [-0.15, -0.1) is 0 Å². The van der Waals surface area contributed by atoms with Gasteiger partial charge in [-0.25, -0.2) is 0 Å². The van der Waals surface area contributed by atoms with E-state index in [1.165, 1.54) is 37.7 Å². The lowest BCUT2D eigenvalue weighted by atomic mass is 9.45. The summed E-state index contributed by atoms with van der Waals surface area (Å²) in [4.78, 5) is 13.1. The third-order valence-electron chi connectivity index (χ3n) is 10.3. The van der Waals surface area contributed by atoms with Crippen LogP contribution in [0.15, 0.2) is 23.8 Å². The lowest BCUT2D eigenvalue weighted by Crippen LogP contribution is -2.57. The Balaban J connectivity index is 1.68. The van der Waals surface area contributed by atoms with Crippen LogP contribution >= 0.6 is 0 Å². The molecule has 2 nitrogen and oxygen atoms in total. The first-order chi connectivity index (χ1) is 14.7. The van der Waals surface area contributed by atoms with Crippen molar-refractivity contribution in [1.29, 1.82) is 0 Å². The molecule has 182 valence electrons. The van der Waals surface area contributed by atoms with Gasteiger partial charge >= 0.3 is 0 Å². The van der Waals surface area contributed by atoms with Crippen LogP contribution in [-0.2, 0) is 4.79 Å². The molecule has 0 radical (unpaired) electrons. The molecule has 5 atom stereocenters. The molecule has 0 heterocycles. The number of ketones is 1. The third-order valence-corrected chi connectivity index (χ3v) is 10.3. The minimum Gasteiger partial charge on any atom is -0.390 e. The normalized spacial score (nSPS) is 39.4. The number of carbonyl (C=O) groups is 1. The molecule has 32 heavy (non-hydrogen) atoms. The molecule has 1 N–H and O–H groups in total. The topological polar surface area (TPSA) is 37.3 Å². The fourth-order valence-electron chi connectivity index (χ4n) is 8.28. The zero-order valence-electron chi connectivity index (χ0n) is 22.2. The molecule has 0 aromatic carbocycles. The van der Waals surface area contributed by atoms with Crippen molar-refractivity contribution in [3.8, 4) is 0 Å². The van der Waals surface area contributed by atoms with Crippen molar-refractivity contribution in [2.75, 3.05) is 0 Å². The van der Waals surface area contributed by atoms with E-state index in [9.17, 15) is 9.90 Å². The molecular formula is C30H50O2. The number of carbonyl (C=O) groups excluding carboxylic acids is 1. The van der Waals surface area contributed by atoms with Gasteiger partial charge in [0.1, 0.15) is 0 Å². The van der Waals surface area contributed by atoms with E-state index in [1.54, 1.807) is 0 Å². The van der Waals surface area contributed by atoms with E-state index in [2.05, 4.69) is 54.2 Å². The van der Waals surface area contributed by atoms with Crippen LogP contribution in [0.4, 0.5) is 0 Å². The van der Waals surface area contributed by atoms with Crippen LogP contribution < -0.4 is 0 Å². The number of hydrogen-bond donors (Lipinski definition) is 1. The van der Waals surface area contributed by atoms with Gasteiger partial charge in [-0.3, -0.25) is 4.79 Å². The maximum atomic E-state index is 13.1. The highest BCUT2D eigenvalue weighted by atomic mass is 16.3. The summed E-state index contributed by atoms with van der Waals surface area (Å²) in [5.74, 6) is 1.56. The number of aliphatic hydroxyl groups is 1. The average Bonchev–Trinajstić information content (AvgIpc) is 2.65. The van der Waals surface area contributed by atoms with E-state index >= 15 is 0 Å². The van der Waals surface area contributed by atoms with Crippen molar-refractivity contribution < 1.29 is 9.90 Å². The number of hydrogen-bond acceptors (Lipinski definition) is 2. The number of Topliss-reactive ketones (excluding diaryl/α,β-unsaturated/α-hetero) is 1. The van der Waals surface area contributed by atoms with E-state index in [4.69, 9.17) is 0 Å². The standard InChI is InChI=1S/C30H50O2/c1-21-13-10-16-27(3,4)23(21)20-24(31)22(2)12-9-14-26-29(7)18-11-17-28(5,6)25(29)15-19-30(26,8)32/h12,23,25-26,32H,1,9-11,13-20H2,2-8H3/b22-12+/t23-,25+,26-,29+,30-/m1/s1. The number of rotatable bonds is 6. The zero-order chi connectivity index (χ0) is 23.9. The molecule has 0 aromatic heterocycles.